The van der Waals surface area contributed by atoms with Crippen LogP contribution in [0.5, 0.6) is 0 Å². The standard InChI is InChI=1S/C8H17NO2S/c1-12(10,11)7-6-8(9)4-2-3-5-8/h2-7,9H2,1H3. The third-order valence-corrected chi connectivity index (χ3v) is 3.52. The van der Waals surface area contributed by atoms with Crippen molar-refractivity contribution in [2.45, 2.75) is 37.6 Å². The summed E-state index contributed by atoms with van der Waals surface area (Å²) in [5, 5.41) is 0. The van der Waals surface area contributed by atoms with E-state index in [0.29, 0.717) is 6.42 Å². The number of hydrogen-bond donors (Lipinski definition) is 1. The summed E-state index contributed by atoms with van der Waals surface area (Å²) in [7, 11) is -2.83. The van der Waals surface area contributed by atoms with Gasteiger partial charge in [-0.05, 0) is 19.3 Å². The fourth-order valence-electron chi connectivity index (χ4n) is 1.72. The van der Waals surface area contributed by atoms with Crippen LogP contribution in [0.1, 0.15) is 32.1 Å². The van der Waals surface area contributed by atoms with E-state index in [0.717, 1.165) is 25.7 Å². The number of rotatable bonds is 3. The van der Waals surface area contributed by atoms with E-state index in [9.17, 15) is 8.42 Å². The minimum Gasteiger partial charge on any atom is -0.325 e. The average Bonchev–Trinajstić information content (AvgIpc) is 2.32. The molecular weight excluding hydrogens is 174 g/mol. The Hall–Kier alpha value is -0.0900. The van der Waals surface area contributed by atoms with Gasteiger partial charge in [-0.25, -0.2) is 8.42 Å². The van der Waals surface area contributed by atoms with E-state index in [1.165, 1.54) is 6.26 Å². The van der Waals surface area contributed by atoms with Crippen molar-refractivity contribution in [3.63, 3.8) is 0 Å². The zero-order valence-corrected chi connectivity index (χ0v) is 8.36. The lowest BCUT2D eigenvalue weighted by molar-refractivity contribution is 0.423. The highest BCUT2D eigenvalue weighted by molar-refractivity contribution is 7.90. The van der Waals surface area contributed by atoms with Crippen molar-refractivity contribution in [1.29, 1.82) is 0 Å². The van der Waals surface area contributed by atoms with Gasteiger partial charge >= 0.3 is 0 Å². The first-order chi connectivity index (χ1) is 5.41. The van der Waals surface area contributed by atoms with Crippen LogP contribution in [-0.2, 0) is 9.84 Å². The minimum atomic E-state index is -2.83. The van der Waals surface area contributed by atoms with E-state index in [1.54, 1.807) is 0 Å². The topological polar surface area (TPSA) is 60.2 Å². The van der Waals surface area contributed by atoms with Crippen molar-refractivity contribution in [3.8, 4) is 0 Å². The molecule has 1 saturated carbocycles. The molecule has 0 unspecified atom stereocenters. The molecule has 2 N–H and O–H groups in total. The Kier molecular flexibility index (Phi) is 2.78. The normalized spacial score (nSPS) is 22.8. The van der Waals surface area contributed by atoms with E-state index in [-0.39, 0.29) is 11.3 Å². The molecule has 3 nitrogen and oxygen atoms in total. The monoisotopic (exact) mass is 191 g/mol. The van der Waals surface area contributed by atoms with E-state index >= 15 is 0 Å². The van der Waals surface area contributed by atoms with E-state index < -0.39 is 9.84 Å². The fourth-order valence-corrected chi connectivity index (χ4v) is 2.50. The molecule has 0 spiro atoms. The molecule has 0 aromatic carbocycles. The molecule has 1 aliphatic rings. The molecule has 1 rings (SSSR count). The smallest absolute Gasteiger partial charge is 0.147 e. The minimum absolute atomic E-state index is 0.177. The molecule has 0 bridgehead atoms. The second-order valence-corrected chi connectivity index (χ2v) is 6.21. The Bertz CT molecular complexity index is 240. The Morgan fingerprint density at radius 3 is 2.25 bits per heavy atom. The van der Waals surface area contributed by atoms with Gasteiger partial charge in [0.15, 0.2) is 0 Å². The molecule has 72 valence electrons. The molecule has 0 radical (unpaired) electrons. The summed E-state index contributed by atoms with van der Waals surface area (Å²) in [6.07, 6.45) is 6.18. The highest BCUT2D eigenvalue weighted by Crippen LogP contribution is 2.30. The van der Waals surface area contributed by atoms with Crippen molar-refractivity contribution in [2.75, 3.05) is 12.0 Å². The second kappa shape index (κ2) is 3.34. The van der Waals surface area contributed by atoms with Crippen molar-refractivity contribution < 1.29 is 8.42 Å². The molecule has 12 heavy (non-hydrogen) atoms. The molecule has 0 aromatic rings. The van der Waals surface area contributed by atoms with Gasteiger partial charge < -0.3 is 5.73 Å². The van der Waals surface area contributed by atoms with Crippen LogP contribution in [0.3, 0.4) is 0 Å². The van der Waals surface area contributed by atoms with Gasteiger partial charge in [0, 0.05) is 11.8 Å². The number of sulfone groups is 1. The first-order valence-corrected chi connectivity index (χ1v) is 6.44. The fraction of sp³-hybridized carbons (Fsp3) is 1.00. The van der Waals surface area contributed by atoms with Crippen molar-refractivity contribution in [3.05, 3.63) is 0 Å². The average molecular weight is 191 g/mol. The summed E-state index contributed by atoms with van der Waals surface area (Å²) in [5.41, 5.74) is 5.82. The van der Waals surface area contributed by atoms with Gasteiger partial charge in [-0.15, -0.1) is 0 Å². The molecule has 0 amide bonds. The SMILES string of the molecule is CS(=O)(=O)CCC1(N)CCCC1. The third-order valence-electron chi connectivity index (χ3n) is 2.57. The molecule has 4 heteroatoms. The number of nitrogens with two attached hydrogens (primary N) is 1. The lowest BCUT2D eigenvalue weighted by Crippen LogP contribution is -2.38. The van der Waals surface area contributed by atoms with Gasteiger partial charge in [0.1, 0.15) is 9.84 Å². The predicted octanol–water partition coefficient (Wildman–Crippen LogP) is 0.693. The molecular formula is C8H17NO2S. The molecule has 0 atom stereocenters. The molecule has 0 saturated heterocycles. The summed E-state index contributed by atoms with van der Waals surface area (Å²) in [5.74, 6) is 0.240. The maximum absolute atomic E-state index is 10.9. The van der Waals surface area contributed by atoms with Gasteiger partial charge in [0.05, 0.1) is 5.75 Å². The van der Waals surface area contributed by atoms with Crippen LogP contribution in [0.15, 0.2) is 0 Å². The first-order valence-electron chi connectivity index (χ1n) is 4.38. The lowest BCUT2D eigenvalue weighted by Gasteiger charge is -2.22. The molecule has 1 aliphatic carbocycles. The van der Waals surface area contributed by atoms with E-state index in [4.69, 9.17) is 5.73 Å². The maximum atomic E-state index is 10.9. The van der Waals surface area contributed by atoms with Crippen LogP contribution in [-0.4, -0.2) is 26.0 Å². The van der Waals surface area contributed by atoms with Crippen LogP contribution in [0.2, 0.25) is 0 Å². The summed E-state index contributed by atoms with van der Waals surface area (Å²) < 4.78 is 21.7. The Labute approximate surface area is 74.3 Å². The second-order valence-electron chi connectivity index (χ2n) is 3.95. The molecule has 0 aliphatic heterocycles. The Morgan fingerprint density at radius 2 is 1.83 bits per heavy atom. The van der Waals surface area contributed by atoms with Crippen LogP contribution in [0.25, 0.3) is 0 Å². The highest BCUT2D eigenvalue weighted by atomic mass is 32.2. The van der Waals surface area contributed by atoms with Crippen LogP contribution >= 0.6 is 0 Å². The predicted molar refractivity (Wildman–Crippen MR) is 49.7 cm³/mol. The lowest BCUT2D eigenvalue weighted by atomic mass is 9.96. The summed E-state index contributed by atoms with van der Waals surface area (Å²) in [6, 6.07) is 0. The first kappa shape index (κ1) is 9.99. The summed E-state index contributed by atoms with van der Waals surface area (Å²) in [6.45, 7) is 0. The Morgan fingerprint density at radius 1 is 1.33 bits per heavy atom. The van der Waals surface area contributed by atoms with Gasteiger partial charge in [0.25, 0.3) is 0 Å². The van der Waals surface area contributed by atoms with Gasteiger partial charge in [-0.1, -0.05) is 12.8 Å². The van der Waals surface area contributed by atoms with Gasteiger partial charge in [-0.2, -0.15) is 0 Å². The molecule has 1 fully saturated rings. The quantitative estimate of drug-likeness (QED) is 0.714. The zero-order valence-electron chi connectivity index (χ0n) is 7.54. The largest absolute Gasteiger partial charge is 0.325 e. The van der Waals surface area contributed by atoms with Crippen LogP contribution in [0, 0.1) is 0 Å². The third kappa shape index (κ3) is 3.11. The molecule has 0 heterocycles. The van der Waals surface area contributed by atoms with Crippen molar-refractivity contribution in [1.82, 2.24) is 0 Å². The highest BCUT2D eigenvalue weighted by Gasteiger charge is 2.29. The molecule has 0 aromatic heterocycles. The van der Waals surface area contributed by atoms with Crippen LogP contribution < -0.4 is 5.73 Å². The van der Waals surface area contributed by atoms with E-state index in [2.05, 4.69) is 0 Å². The number of hydrogen-bond acceptors (Lipinski definition) is 3. The Balaban J connectivity index is 2.41. The summed E-state index contributed by atoms with van der Waals surface area (Å²) in [4.78, 5) is 0. The van der Waals surface area contributed by atoms with Crippen LogP contribution in [0.4, 0.5) is 0 Å². The zero-order chi connectivity index (χ0) is 9.24. The van der Waals surface area contributed by atoms with Gasteiger partial charge in [0.2, 0.25) is 0 Å². The summed E-state index contributed by atoms with van der Waals surface area (Å²) >= 11 is 0. The van der Waals surface area contributed by atoms with Gasteiger partial charge in [-0.3, -0.25) is 0 Å². The maximum Gasteiger partial charge on any atom is 0.147 e. The van der Waals surface area contributed by atoms with Crippen molar-refractivity contribution >= 4 is 9.84 Å². The van der Waals surface area contributed by atoms with Crippen molar-refractivity contribution in [2.24, 2.45) is 5.73 Å². The van der Waals surface area contributed by atoms with E-state index in [1.807, 2.05) is 0 Å².